The fourth-order valence-corrected chi connectivity index (χ4v) is 2.34. The molecule has 3 nitrogen and oxygen atoms in total. The van der Waals surface area contributed by atoms with Crippen LogP contribution >= 0.6 is 27.5 Å². The van der Waals surface area contributed by atoms with Crippen molar-refractivity contribution >= 4 is 33.2 Å². The zero-order valence-electron chi connectivity index (χ0n) is 7.96. The van der Waals surface area contributed by atoms with Gasteiger partial charge in [0, 0.05) is 10.7 Å². The fourth-order valence-electron chi connectivity index (χ4n) is 1.52. The maximum absolute atomic E-state index is 8.72. The van der Waals surface area contributed by atoms with Crippen LogP contribution in [0, 0.1) is 18.3 Å². The SMILES string of the molecule is Cc1nc2c(Cl)cc(Br)cn2c1CC#N. The molecule has 0 aliphatic rings. The summed E-state index contributed by atoms with van der Waals surface area (Å²) in [6.45, 7) is 1.88. The third-order valence-corrected chi connectivity index (χ3v) is 2.90. The highest BCUT2D eigenvalue weighted by molar-refractivity contribution is 9.10. The Kier molecular flexibility index (Phi) is 2.68. The number of nitriles is 1. The van der Waals surface area contributed by atoms with Gasteiger partial charge in [-0.25, -0.2) is 4.98 Å². The van der Waals surface area contributed by atoms with Crippen LogP contribution in [0.1, 0.15) is 11.4 Å². The number of nitrogens with zero attached hydrogens (tertiary/aromatic N) is 3. The Hall–Kier alpha value is -1.05. The van der Waals surface area contributed by atoms with Crippen LogP contribution in [0.5, 0.6) is 0 Å². The smallest absolute Gasteiger partial charge is 0.156 e. The van der Waals surface area contributed by atoms with E-state index in [1.165, 1.54) is 0 Å². The first kappa shape index (κ1) is 10.5. The molecule has 0 unspecified atom stereocenters. The molecule has 0 aliphatic heterocycles. The minimum atomic E-state index is 0.333. The first-order valence-electron chi connectivity index (χ1n) is 4.33. The van der Waals surface area contributed by atoms with Crippen molar-refractivity contribution in [1.82, 2.24) is 9.38 Å². The molecule has 0 N–H and O–H groups in total. The molecule has 2 rings (SSSR count). The standard InChI is InChI=1S/C10H7BrClN3/c1-6-9(2-3-13)15-5-7(11)4-8(12)10(15)14-6/h4-5H,2H2,1H3. The van der Waals surface area contributed by atoms with Crippen molar-refractivity contribution in [2.45, 2.75) is 13.3 Å². The number of hydrogen-bond donors (Lipinski definition) is 0. The summed E-state index contributed by atoms with van der Waals surface area (Å²) in [6.07, 6.45) is 2.20. The molecular weight excluding hydrogens is 277 g/mol. The number of rotatable bonds is 1. The molecule has 0 radical (unpaired) electrons. The fraction of sp³-hybridized carbons (Fsp3) is 0.200. The van der Waals surface area contributed by atoms with E-state index in [9.17, 15) is 0 Å². The van der Waals surface area contributed by atoms with E-state index in [0.717, 1.165) is 15.9 Å². The lowest BCUT2D eigenvalue weighted by molar-refractivity contribution is 1.03. The van der Waals surface area contributed by atoms with Gasteiger partial charge in [0.25, 0.3) is 0 Å². The van der Waals surface area contributed by atoms with Gasteiger partial charge in [-0.15, -0.1) is 0 Å². The lowest BCUT2D eigenvalue weighted by atomic mass is 10.3. The van der Waals surface area contributed by atoms with Gasteiger partial charge in [-0.05, 0) is 28.9 Å². The van der Waals surface area contributed by atoms with Crippen LogP contribution in [0.15, 0.2) is 16.7 Å². The third-order valence-electron chi connectivity index (χ3n) is 2.19. The van der Waals surface area contributed by atoms with Gasteiger partial charge >= 0.3 is 0 Å². The van der Waals surface area contributed by atoms with Crippen LogP contribution < -0.4 is 0 Å². The van der Waals surface area contributed by atoms with Crippen LogP contribution in [0.4, 0.5) is 0 Å². The number of hydrogen-bond acceptors (Lipinski definition) is 2. The zero-order chi connectivity index (χ0) is 11.0. The molecule has 0 saturated carbocycles. The van der Waals surface area contributed by atoms with Crippen LogP contribution in [-0.4, -0.2) is 9.38 Å². The minimum absolute atomic E-state index is 0.333. The molecule has 2 aromatic rings. The maximum atomic E-state index is 8.72. The number of imidazole rings is 1. The third kappa shape index (κ3) is 1.73. The molecule has 15 heavy (non-hydrogen) atoms. The molecule has 0 fully saturated rings. The maximum Gasteiger partial charge on any atom is 0.156 e. The molecule has 2 aromatic heterocycles. The highest BCUT2D eigenvalue weighted by atomic mass is 79.9. The summed E-state index contributed by atoms with van der Waals surface area (Å²) in [5.74, 6) is 0. The molecule has 0 aromatic carbocycles. The van der Waals surface area contributed by atoms with E-state index < -0.39 is 0 Å². The summed E-state index contributed by atoms with van der Waals surface area (Å²) in [5, 5.41) is 9.31. The van der Waals surface area contributed by atoms with Gasteiger partial charge in [0.05, 0.1) is 28.9 Å². The summed E-state index contributed by atoms with van der Waals surface area (Å²) < 4.78 is 2.72. The summed E-state index contributed by atoms with van der Waals surface area (Å²) >= 11 is 9.41. The predicted octanol–water partition coefficient (Wildman–Crippen LogP) is 3.12. The Balaban J connectivity index is 2.81. The lowest BCUT2D eigenvalue weighted by Gasteiger charge is -2.00. The van der Waals surface area contributed by atoms with Gasteiger partial charge in [0.1, 0.15) is 0 Å². The molecule has 0 saturated heterocycles. The van der Waals surface area contributed by atoms with E-state index in [2.05, 4.69) is 27.0 Å². The van der Waals surface area contributed by atoms with Gasteiger partial charge in [-0.1, -0.05) is 11.6 Å². The van der Waals surface area contributed by atoms with Crippen LogP contribution in [0.2, 0.25) is 5.02 Å². The highest BCUT2D eigenvalue weighted by Gasteiger charge is 2.11. The summed E-state index contributed by atoms with van der Waals surface area (Å²) in [6, 6.07) is 3.91. The highest BCUT2D eigenvalue weighted by Crippen LogP contribution is 2.24. The Labute approximate surface area is 100 Å². The second kappa shape index (κ2) is 3.84. The summed E-state index contributed by atoms with van der Waals surface area (Å²) in [5.41, 5.74) is 2.43. The molecule has 0 bridgehead atoms. The Bertz CT molecular complexity index is 568. The Morgan fingerprint density at radius 1 is 1.67 bits per heavy atom. The second-order valence-electron chi connectivity index (χ2n) is 3.18. The minimum Gasteiger partial charge on any atom is -0.300 e. The van der Waals surface area contributed by atoms with Crippen molar-refractivity contribution in [3.63, 3.8) is 0 Å². The quantitative estimate of drug-likeness (QED) is 0.807. The molecule has 76 valence electrons. The number of pyridine rings is 1. The van der Waals surface area contributed by atoms with Gasteiger partial charge in [0.2, 0.25) is 0 Å². The van der Waals surface area contributed by atoms with E-state index in [0.29, 0.717) is 17.1 Å². The van der Waals surface area contributed by atoms with Crippen molar-refractivity contribution in [1.29, 1.82) is 5.26 Å². The first-order valence-corrected chi connectivity index (χ1v) is 5.50. The van der Waals surface area contributed by atoms with Crippen LogP contribution in [0.3, 0.4) is 0 Å². The van der Waals surface area contributed by atoms with E-state index >= 15 is 0 Å². The number of halogens is 2. The molecule has 0 amide bonds. The summed E-state index contributed by atoms with van der Waals surface area (Å²) in [4.78, 5) is 4.33. The zero-order valence-corrected chi connectivity index (χ0v) is 10.3. The van der Waals surface area contributed by atoms with E-state index in [4.69, 9.17) is 16.9 Å². The van der Waals surface area contributed by atoms with Gasteiger partial charge in [-0.3, -0.25) is 0 Å². The van der Waals surface area contributed by atoms with Crippen molar-refractivity contribution in [2.24, 2.45) is 0 Å². The summed E-state index contributed by atoms with van der Waals surface area (Å²) in [7, 11) is 0. The monoisotopic (exact) mass is 283 g/mol. The van der Waals surface area contributed by atoms with E-state index in [-0.39, 0.29) is 0 Å². The van der Waals surface area contributed by atoms with Crippen molar-refractivity contribution in [3.05, 3.63) is 33.1 Å². The molecule has 0 spiro atoms. The van der Waals surface area contributed by atoms with Gasteiger partial charge in [0.15, 0.2) is 5.65 Å². The van der Waals surface area contributed by atoms with Crippen LogP contribution in [0.25, 0.3) is 5.65 Å². The lowest BCUT2D eigenvalue weighted by Crippen LogP contribution is -1.93. The second-order valence-corrected chi connectivity index (χ2v) is 4.50. The van der Waals surface area contributed by atoms with Crippen molar-refractivity contribution in [2.75, 3.05) is 0 Å². The number of aromatic nitrogens is 2. The Morgan fingerprint density at radius 2 is 2.40 bits per heavy atom. The number of aryl methyl sites for hydroxylation is 1. The van der Waals surface area contributed by atoms with Crippen molar-refractivity contribution in [3.8, 4) is 6.07 Å². The Morgan fingerprint density at radius 3 is 3.07 bits per heavy atom. The molecular formula is C10H7BrClN3. The molecule has 2 heterocycles. The normalized spacial score (nSPS) is 10.5. The first-order chi connectivity index (χ1) is 7.13. The average molecular weight is 285 g/mol. The molecule has 5 heteroatoms. The largest absolute Gasteiger partial charge is 0.300 e. The van der Waals surface area contributed by atoms with Gasteiger partial charge < -0.3 is 4.40 Å². The number of fused-ring (bicyclic) bond motifs is 1. The van der Waals surface area contributed by atoms with E-state index in [1.807, 2.05) is 17.5 Å². The average Bonchev–Trinajstić information content (AvgIpc) is 2.46. The molecule has 0 atom stereocenters. The van der Waals surface area contributed by atoms with Crippen molar-refractivity contribution < 1.29 is 0 Å². The van der Waals surface area contributed by atoms with Crippen LogP contribution in [-0.2, 0) is 6.42 Å². The van der Waals surface area contributed by atoms with E-state index in [1.54, 1.807) is 6.07 Å². The predicted molar refractivity (Wildman–Crippen MR) is 62.0 cm³/mol. The topological polar surface area (TPSA) is 41.1 Å². The molecule has 0 aliphatic carbocycles. The van der Waals surface area contributed by atoms with Gasteiger partial charge in [-0.2, -0.15) is 5.26 Å².